The molecule has 0 unspecified atom stereocenters. The molecule has 0 saturated carbocycles. The Hall–Kier alpha value is -1.47. The van der Waals surface area contributed by atoms with E-state index < -0.39 is 11.8 Å². The molecule has 1 heterocycles. The van der Waals surface area contributed by atoms with Gasteiger partial charge in [-0.15, -0.1) is 0 Å². The van der Waals surface area contributed by atoms with Crippen LogP contribution in [-0.4, -0.2) is 60.5 Å². The van der Waals surface area contributed by atoms with Crippen LogP contribution in [0.2, 0.25) is 0 Å². The topological polar surface area (TPSA) is 98.7 Å². The third kappa shape index (κ3) is 4.60. The van der Waals surface area contributed by atoms with Crippen molar-refractivity contribution in [2.75, 3.05) is 32.8 Å². The van der Waals surface area contributed by atoms with Gasteiger partial charge < -0.3 is 15.3 Å². The molecule has 0 aromatic rings. The van der Waals surface area contributed by atoms with Gasteiger partial charge in [-0.05, 0) is 32.9 Å². The lowest BCUT2D eigenvalue weighted by atomic mass is 9.97. The Kier molecular flexibility index (Phi) is 6.44. The Morgan fingerprint density at radius 3 is 2.47 bits per heavy atom. The van der Waals surface area contributed by atoms with E-state index in [1.807, 2.05) is 0 Å². The quantitative estimate of drug-likeness (QED) is 0.539. The third-order valence-electron chi connectivity index (χ3n) is 3.18. The van der Waals surface area contributed by atoms with Gasteiger partial charge in [0.15, 0.2) is 0 Å². The number of imide groups is 1. The minimum atomic E-state index is -0.918. The molecule has 108 valence electrons. The normalized spacial score (nSPS) is 15.9. The summed E-state index contributed by atoms with van der Waals surface area (Å²) in [6.45, 7) is 3.38. The number of carbonyl (C=O) groups excluding carboxylic acids is 3. The minimum Gasteiger partial charge on any atom is -0.395 e. The van der Waals surface area contributed by atoms with Crippen molar-refractivity contribution in [1.29, 1.82) is 0 Å². The van der Waals surface area contributed by atoms with Crippen molar-refractivity contribution < 1.29 is 19.5 Å². The van der Waals surface area contributed by atoms with E-state index in [4.69, 9.17) is 5.11 Å². The largest absolute Gasteiger partial charge is 0.395 e. The summed E-state index contributed by atoms with van der Waals surface area (Å²) >= 11 is 0. The lowest BCUT2D eigenvalue weighted by molar-refractivity contribution is -0.148. The van der Waals surface area contributed by atoms with E-state index in [9.17, 15) is 14.4 Å². The number of nitrogens with one attached hydrogen (secondary N) is 2. The van der Waals surface area contributed by atoms with Crippen molar-refractivity contribution in [2.24, 2.45) is 5.92 Å². The molecule has 1 fully saturated rings. The standard InChI is InChI=1S/C12H21N3O4/c1-2-15(7-8-16)12(19)11(18)14-10(17)9-3-5-13-6-4-9/h9,13,16H,2-8H2,1H3,(H,14,17,18). The molecule has 0 aliphatic carbocycles. The van der Waals surface area contributed by atoms with Crippen LogP contribution in [0.15, 0.2) is 0 Å². The zero-order valence-corrected chi connectivity index (χ0v) is 11.1. The van der Waals surface area contributed by atoms with Gasteiger partial charge in [-0.1, -0.05) is 0 Å². The molecular weight excluding hydrogens is 250 g/mol. The summed E-state index contributed by atoms with van der Waals surface area (Å²) in [5.41, 5.74) is 0. The first-order valence-corrected chi connectivity index (χ1v) is 6.55. The highest BCUT2D eigenvalue weighted by Gasteiger charge is 2.26. The van der Waals surface area contributed by atoms with Crippen LogP contribution in [0.5, 0.6) is 0 Å². The minimum absolute atomic E-state index is 0.0876. The molecule has 0 radical (unpaired) electrons. The van der Waals surface area contributed by atoms with E-state index in [-0.39, 0.29) is 25.0 Å². The second kappa shape index (κ2) is 7.85. The Labute approximate surface area is 112 Å². The fourth-order valence-corrected chi connectivity index (χ4v) is 2.02. The first-order valence-electron chi connectivity index (χ1n) is 6.55. The zero-order chi connectivity index (χ0) is 14.3. The number of amides is 3. The van der Waals surface area contributed by atoms with Crippen LogP contribution in [-0.2, 0) is 14.4 Å². The lowest BCUT2D eigenvalue weighted by Gasteiger charge is -2.22. The molecule has 0 atom stereocenters. The van der Waals surface area contributed by atoms with Crippen LogP contribution in [0.4, 0.5) is 0 Å². The Balaban J connectivity index is 2.48. The number of likely N-dealkylation sites (N-methyl/N-ethyl adjacent to an activating group) is 1. The van der Waals surface area contributed by atoms with Crippen molar-refractivity contribution in [3.8, 4) is 0 Å². The second-order valence-corrected chi connectivity index (χ2v) is 4.45. The number of hydrogen-bond donors (Lipinski definition) is 3. The van der Waals surface area contributed by atoms with Crippen molar-refractivity contribution >= 4 is 17.7 Å². The van der Waals surface area contributed by atoms with Crippen LogP contribution in [0.25, 0.3) is 0 Å². The van der Waals surface area contributed by atoms with Crippen molar-refractivity contribution in [3.05, 3.63) is 0 Å². The van der Waals surface area contributed by atoms with E-state index in [2.05, 4.69) is 10.6 Å². The second-order valence-electron chi connectivity index (χ2n) is 4.45. The van der Waals surface area contributed by atoms with Gasteiger partial charge in [0, 0.05) is 19.0 Å². The summed E-state index contributed by atoms with van der Waals surface area (Å²) in [5, 5.41) is 14.1. The average Bonchev–Trinajstić information content (AvgIpc) is 2.44. The molecule has 0 spiro atoms. The van der Waals surface area contributed by atoms with Gasteiger partial charge in [0.2, 0.25) is 5.91 Å². The summed E-state index contributed by atoms with van der Waals surface area (Å²) in [4.78, 5) is 36.4. The van der Waals surface area contributed by atoms with Gasteiger partial charge in [-0.25, -0.2) is 0 Å². The van der Waals surface area contributed by atoms with E-state index in [0.717, 1.165) is 13.1 Å². The first-order chi connectivity index (χ1) is 9.10. The summed E-state index contributed by atoms with van der Waals surface area (Å²) in [6, 6.07) is 0. The van der Waals surface area contributed by atoms with Crippen molar-refractivity contribution in [1.82, 2.24) is 15.5 Å². The van der Waals surface area contributed by atoms with E-state index in [0.29, 0.717) is 19.4 Å². The van der Waals surface area contributed by atoms with Gasteiger partial charge in [0.05, 0.1) is 6.61 Å². The van der Waals surface area contributed by atoms with Crippen LogP contribution < -0.4 is 10.6 Å². The average molecular weight is 271 g/mol. The molecule has 7 heteroatoms. The van der Waals surface area contributed by atoms with Crippen LogP contribution in [0.3, 0.4) is 0 Å². The Morgan fingerprint density at radius 2 is 1.95 bits per heavy atom. The van der Waals surface area contributed by atoms with Gasteiger partial charge >= 0.3 is 11.8 Å². The Bertz CT molecular complexity index is 340. The van der Waals surface area contributed by atoms with Crippen LogP contribution in [0.1, 0.15) is 19.8 Å². The summed E-state index contributed by atoms with van der Waals surface area (Å²) in [5.74, 6) is -2.30. The predicted octanol–water partition coefficient (Wildman–Crippen LogP) is -1.53. The van der Waals surface area contributed by atoms with Gasteiger partial charge in [-0.2, -0.15) is 0 Å². The van der Waals surface area contributed by atoms with E-state index in [1.54, 1.807) is 6.92 Å². The molecule has 1 saturated heterocycles. The maximum Gasteiger partial charge on any atom is 0.316 e. The highest BCUT2D eigenvalue weighted by Crippen LogP contribution is 2.11. The number of piperidine rings is 1. The highest BCUT2D eigenvalue weighted by atomic mass is 16.3. The number of aliphatic hydroxyl groups is 1. The fourth-order valence-electron chi connectivity index (χ4n) is 2.02. The molecule has 0 aromatic carbocycles. The monoisotopic (exact) mass is 271 g/mol. The number of carbonyl (C=O) groups is 3. The molecule has 7 nitrogen and oxygen atoms in total. The predicted molar refractivity (Wildman–Crippen MR) is 68.1 cm³/mol. The maximum atomic E-state index is 11.8. The number of hydrogen-bond acceptors (Lipinski definition) is 5. The molecule has 3 amide bonds. The van der Waals surface area contributed by atoms with Gasteiger partial charge in [0.25, 0.3) is 0 Å². The Morgan fingerprint density at radius 1 is 1.32 bits per heavy atom. The molecular formula is C12H21N3O4. The van der Waals surface area contributed by atoms with E-state index >= 15 is 0 Å². The van der Waals surface area contributed by atoms with Gasteiger partial charge in [-0.3, -0.25) is 19.7 Å². The van der Waals surface area contributed by atoms with Crippen molar-refractivity contribution in [2.45, 2.75) is 19.8 Å². The maximum absolute atomic E-state index is 11.8. The number of aliphatic hydroxyl groups excluding tert-OH is 1. The highest BCUT2D eigenvalue weighted by molar-refractivity contribution is 6.37. The molecule has 19 heavy (non-hydrogen) atoms. The smallest absolute Gasteiger partial charge is 0.316 e. The lowest BCUT2D eigenvalue weighted by Crippen LogP contribution is -2.48. The summed E-state index contributed by atoms with van der Waals surface area (Å²) in [6.07, 6.45) is 1.34. The fraction of sp³-hybridized carbons (Fsp3) is 0.750. The molecule has 1 rings (SSSR count). The van der Waals surface area contributed by atoms with Crippen molar-refractivity contribution in [3.63, 3.8) is 0 Å². The number of rotatable bonds is 4. The SMILES string of the molecule is CCN(CCO)C(=O)C(=O)NC(=O)C1CCNCC1. The van der Waals surface area contributed by atoms with Crippen LogP contribution >= 0.6 is 0 Å². The molecule has 1 aliphatic heterocycles. The molecule has 0 bridgehead atoms. The molecule has 3 N–H and O–H groups in total. The van der Waals surface area contributed by atoms with Crippen LogP contribution in [0, 0.1) is 5.92 Å². The third-order valence-corrected chi connectivity index (χ3v) is 3.18. The summed E-state index contributed by atoms with van der Waals surface area (Å²) < 4.78 is 0. The molecule has 0 aromatic heterocycles. The summed E-state index contributed by atoms with van der Waals surface area (Å²) in [7, 11) is 0. The zero-order valence-electron chi connectivity index (χ0n) is 11.1. The number of nitrogens with zero attached hydrogens (tertiary/aromatic N) is 1. The van der Waals surface area contributed by atoms with Gasteiger partial charge in [0.1, 0.15) is 0 Å². The first kappa shape index (κ1) is 15.6. The molecule has 1 aliphatic rings. The van der Waals surface area contributed by atoms with E-state index in [1.165, 1.54) is 4.90 Å².